The summed E-state index contributed by atoms with van der Waals surface area (Å²) in [6.07, 6.45) is 2.15. The van der Waals surface area contributed by atoms with Gasteiger partial charge in [-0.3, -0.25) is 0 Å². The fraction of sp³-hybridized carbons (Fsp3) is 0.455. The van der Waals surface area contributed by atoms with Crippen molar-refractivity contribution in [3.05, 3.63) is 23.8 Å². The normalized spacial score (nSPS) is 10.6. The molecule has 0 heterocycles. The molecule has 0 radical (unpaired) electrons. The van der Waals surface area contributed by atoms with Crippen LogP contribution in [0, 0.1) is 0 Å². The third-order valence-electron chi connectivity index (χ3n) is 1.80. The number of ether oxygens (including phenoxy) is 1. The zero-order chi connectivity index (χ0) is 10.6. The van der Waals surface area contributed by atoms with Crippen molar-refractivity contribution in [1.29, 1.82) is 0 Å². The number of rotatable bonds is 4. The van der Waals surface area contributed by atoms with Gasteiger partial charge in [-0.05, 0) is 38.3 Å². The largest absolute Gasteiger partial charge is 0.491 e. The molecular weight excluding hydrogens is 196 g/mol. The summed E-state index contributed by atoms with van der Waals surface area (Å²) in [7, 11) is 0. The molecule has 0 bridgehead atoms. The van der Waals surface area contributed by atoms with Crippen molar-refractivity contribution in [2.45, 2.75) is 31.5 Å². The molecular formula is C11H16O2S. The second kappa shape index (κ2) is 5.27. The Bertz CT molecular complexity index is 297. The number of benzene rings is 1. The highest BCUT2D eigenvalue weighted by Crippen LogP contribution is 2.25. The lowest BCUT2D eigenvalue weighted by atomic mass is 10.2. The molecule has 0 amide bonds. The second-order valence-electron chi connectivity index (χ2n) is 3.30. The number of hydrogen-bond donors (Lipinski definition) is 1. The minimum atomic E-state index is 0.0243. The molecule has 14 heavy (non-hydrogen) atoms. The Kier molecular flexibility index (Phi) is 4.29. The van der Waals surface area contributed by atoms with E-state index >= 15 is 0 Å². The van der Waals surface area contributed by atoms with Crippen LogP contribution in [0.4, 0.5) is 0 Å². The zero-order valence-electron chi connectivity index (χ0n) is 8.78. The minimum absolute atomic E-state index is 0.0243. The van der Waals surface area contributed by atoms with Crippen LogP contribution >= 0.6 is 11.8 Å². The van der Waals surface area contributed by atoms with Crippen LogP contribution in [-0.4, -0.2) is 17.5 Å². The van der Waals surface area contributed by atoms with Crippen molar-refractivity contribution < 1.29 is 9.84 Å². The van der Waals surface area contributed by atoms with E-state index in [1.54, 1.807) is 11.8 Å². The summed E-state index contributed by atoms with van der Waals surface area (Å²) in [5.74, 6) is 0.778. The van der Waals surface area contributed by atoms with Gasteiger partial charge < -0.3 is 9.84 Å². The summed E-state index contributed by atoms with van der Waals surface area (Å²) >= 11 is 1.66. The lowest BCUT2D eigenvalue weighted by molar-refractivity contribution is 0.225. The monoisotopic (exact) mass is 212 g/mol. The molecule has 0 aliphatic heterocycles. The Balaban J connectivity index is 2.93. The average Bonchev–Trinajstić information content (AvgIpc) is 2.17. The molecule has 0 unspecified atom stereocenters. The molecule has 0 aliphatic rings. The van der Waals surface area contributed by atoms with E-state index in [9.17, 15) is 0 Å². The van der Waals surface area contributed by atoms with Crippen LogP contribution in [0.5, 0.6) is 5.75 Å². The van der Waals surface area contributed by atoms with E-state index in [0.29, 0.717) is 0 Å². The van der Waals surface area contributed by atoms with Crippen LogP contribution < -0.4 is 4.74 Å². The smallest absolute Gasteiger partial charge is 0.125 e. The van der Waals surface area contributed by atoms with E-state index < -0.39 is 0 Å². The number of aliphatic hydroxyl groups is 1. The molecule has 1 aromatic rings. The summed E-state index contributed by atoms with van der Waals surface area (Å²) in [4.78, 5) is 1.14. The van der Waals surface area contributed by atoms with Crippen molar-refractivity contribution >= 4 is 11.8 Å². The standard InChI is InChI=1S/C11H16O2S/c1-8(2)13-11-5-4-10(14-3)6-9(11)7-12/h4-6,8,12H,7H2,1-3H3. The summed E-state index contributed by atoms with van der Waals surface area (Å²) in [6.45, 7) is 3.98. The van der Waals surface area contributed by atoms with Crippen molar-refractivity contribution in [2.75, 3.05) is 6.26 Å². The van der Waals surface area contributed by atoms with Crippen LogP contribution in [0.25, 0.3) is 0 Å². The van der Waals surface area contributed by atoms with E-state index in [0.717, 1.165) is 16.2 Å². The van der Waals surface area contributed by atoms with Crippen LogP contribution in [0.3, 0.4) is 0 Å². The molecule has 2 nitrogen and oxygen atoms in total. The number of thioether (sulfide) groups is 1. The Morgan fingerprint density at radius 2 is 2.14 bits per heavy atom. The van der Waals surface area contributed by atoms with Gasteiger partial charge >= 0.3 is 0 Å². The molecule has 0 fully saturated rings. The summed E-state index contributed by atoms with van der Waals surface area (Å²) in [5, 5.41) is 9.16. The van der Waals surface area contributed by atoms with Crippen molar-refractivity contribution in [3.8, 4) is 5.75 Å². The molecule has 1 aromatic carbocycles. The van der Waals surface area contributed by atoms with E-state index in [1.165, 1.54) is 0 Å². The predicted molar refractivity (Wildman–Crippen MR) is 59.9 cm³/mol. The van der Waals surface area contributed by atoms with Crippen LogP contribution in [-0.2, 0) is 6.61 Å². The Morgan fingerprint density at radius 1 is 1.43 bits per heavy atom. The molecule has 1 rings (SSSR count). The van der Waals surface area contributed by atoms with E-state index in [2.05, 4.69) is 0 Å². The molecule has 78 valence electrons. The van der Waals surface area contributed by atoms with E-state index in [4.69, 9.17) is 9.84 Å². The maximum absolute atomic E-state index is 9.16. The van der Waals surface area contributed by atoms with Crippen LogP contribution in [0.1, 0.15) is 19.4 Å². The van der Waals surface area contributed by atoms with Crippen molar-refractivity contribution in [2.24, 2.45) is 0 Å². The maximum atomic E-state index is 9.16. The van der Waals surface area contributed by atoms with Gasteiger partial charge in [0.2, 0.25) is 0 Å². The molecule has 0 aliphatic carbocycles. The van der Waals surface area contributed by atoms with Crippen molar-refractivity contribution in [3.63, 3.8) is 0 Å². The van der Waals surface area contributed by atoms with Crippen LogP contribution in [0.15, 0.2) is 23.1 Å². The number of hydrogen-bond acceptors (Lipinski definition) is 3. The summed E-state index contributed by atoms with van der Waals surface area (Å²) < 4.78 is 5.57. The average molecular weight is 212 g/mol. The lowest BCUT2D eigenvalue weighted by Gasteiger charge is -2.13. The van der Waals surface area contributed by atoms with Gasteiger partial charge in [0.1, 0.15) is 5.75 Å². The Morgan fingerprint density at radius 3 is 2.64 bits per heavy atom. The first-order valence-electron chi connectivity index (χ1n) is 4.61. The highest BCUT2D eigenvalue weighted by molar-refractivity contribution is 7.98. The third-order valence-corrected chi connectivity index (χ3v) is 2.53. The molecule has 0 saturated heterocycles. The van der Waals surface area contributed by atoms with Gasteiger partial charge in [-0.1, -0.05) is 0 Å². The lowest BCUT2D eigenvalue weighted by Crippen LogP contribution is -2.07. The fourth-order valence-corrected chi connectivity index (χ4v) is 1.64. The molecule has 0 atom stereocenters. The predicted octanol–water partition coefficient (Wildman–Crippen LogP) is 2.69. The van der Waals surface area contributed by atoms with Gasteiger partial charge in [0, 0.05) is 10.5 Å². The molecule has 1 N–H and O–H groups in total. The van der Waals surface area contributed by atoms with Crippen molar-refractivity contribution in [1.82, 2.24) is 0 Å². The first-order chi connectivity index (χ1) is 6.67. The second-order valence-corrected chi connectivity index (χ2v) is 4.18. The summed E-state index contributed by atoms with van der Waals surface area (Å²) in [5.41, 5.74) is 0.852. The molecule has 0 saturated carbocycles. The minimum Gasteiger partial charge on any atom is -0.491 e. The van der Waals surface area contributed by atoms with Gasteiger partial charge in [0.05, 0.1) is 12.7 Å². The Labute approximate surface area is 89.3 Å². The zero-order valence-corrected chi connectivity index (χ0v) is 9.60. The van der Waals surface area contributed by atoms with Gasteiger partial charge in [-0.2, -0.15) is 0 Å². The Hall–Kier alpha value is -0.670. The fourth-order valence-electron chi connectivity index (χ4n) is 1.18. The maximum Gasteiger partial charge on any atom is 0.125 e. The van der Waals surface area contributed by atoms with E-state index in [1.807, 2.05) is 38.3 Å². The molecule has 0 spiro atoms. The highest BCUT2D eigenvalue weighted by Gasteiger charge is 2.05. The van der Waals surface area contributed by atoms with Gasteiger partial charge in [0.25, 0.3) is 0 Å². The summed E-state index contributed by atoms with van der Waals surface area (Å²) in [6, 6.07) is 5.88. The number of aliphatic hydroxyl groups excluding tert-OH is 1. The van der Waals surface area contributed by atoms with E-state index in [-0.39, 0.29) is 12.7 Å². The van der Waals surface area contributed by atoms with Gasteiger partial charge in [-0.25, -0.2) is 0 Å². The van der Waals surface area contributed by atoms with Crippen LogP contribution in [0.2, 0.25) is 0 Å². The van der Waals surface area contributed by atoms with Gasteiger partial charge in [-0.15, -0.1) is 11.8 Å². The highest BCUT2D eigenvalue weighted by atomic mass is 32.2. The first-order valence-corrected chi connectivity index (χ1v) is 5.84. The molecule has 0 aromatic heterocycles. The molecule has 3 heteroatoms. The SMILES string of the molecule is CSc1ccc(OC(C)C)c(CO)c1. The third kappa shape index (κ3) is 2.93. The van der Waals surface area contributed by atoms with Gasteiger partial charge in [0.15, 0.2) is 0 Å². The quantitative estimate of drug-likeness (QED) is 0.778. The topological polar surface area (TPSA) is 29.5 Å². The first kappa shape index (κ1) is 11.4.